The number of thiophene rings is 1. The molecule has 0 spiro atoms. The van der Waals surface area contributed by atoms with Gasteiger partial charge in [0.1, 0.15) is 0 Å². The van der Waals surface area contributed by atoms with E-state index in [0.29, 0.717) is 6.04 Å². The molecule has 11 aromatic rings. The van der Waals surface area contributed by atoms with E-state index in [2.05, 4.69) is 222 Å². The lowest BCUT2D eigenvalue weighted by Gasteiger charge is -2.28. The van der Waals surface area contributed by atoms with Crippen LogP contribution in [0.3, 0.4) is 0 Å². The van der Waals surface area contributed by atoms with Crippen molar-refractivity contribution in [2.45, 2.75) is 9.79 Å². The number of hydrogen-bond acceptors (Lipinski definition) is 4. The third-order valence-electron chi connectivity index (χ3n) is 11.7. The highest BCUT2D eigenvalue weighted by atomic mass is 32.2. The first kappa shape index (κ1) is 33.8. The van der Waals surface area contributed by atoms with Gasteiger partial charge in [-0.05, 0) is 129 Å². The van der Waals surface area contributed by atoms with Gasteiger partial charge in [0, 0.05) is 69.5 Å². The van der Waals surface area contributed by atoms with Crippen molar-refractivity contribution in [2.75, 3.05) is 9.80 Å². The molecule has 1 aliphatic heterocycles. The summed E-state index contributed by atoms with van der Waals surface area (Å²) in [7, 11) is 0. The minimum Gasteiger partial charge on any atom is -0.310 e. The van der Waals surface area contributed by atoms with Crippen molar-refractivity contribution in [3.63, 3.8) is 0 Å². The summed E-state index contributed by atoms with van der Waals surface area (Å²) in [5.74, 6) is 0. The van der Waals surface area contributed by atoms with Crippen LogP contribution in [-0.2, 0) is 0 Å². The summed E-state index contributed by atoms with van der Waals surface area (Å²) < 4.78 is 12.5. The fourth-order valence-electron chi connectivity index (χ4n) is 8.90. The number of hydrogen-bond donors (Lipinski definition) is 0. The molecule has 0 fully saturated rings. The van der Waals surface area contributed by atoms with Gasteiger partial charge in [-0.15, -0.1) is 11.3 Å². The molecule has 0 radical (unpaired) electrons. The van der Waals surface area contributed by atoms with Gasteiger partial charge in [-0.2, -0.15) is 0 Å². The number of nitrogens with zero attached hydrogens (tertiary/aromatic N) is 2. The Balaban J connectivity index is 0.981. The van der Waals surface area contributed by atoms with Gasteiger partial charge in [0.15, 0.2) is 0 Å². The molecule has 1 aromatic heterocycles. The topological polar surface area (TPSA) is 6.48 Å². The fourth-order valence-corrected chi connectivity index (χ4v) is 11.2. The molecule has 4 heteroatoms. The molecule has 12 rings (SSSR count). The molecule has 0 amide bonds. The molecule has 0 aliphatic carbocycles. The van der Waals surface area contributed by atoms with Crippen LogP contribution < -0.4 is 9.80 Å². The van der Waals surface area contributed by atoms with Crippen LogP contribution in [0, 0.1) is 0 Å². The SMILES string of the molecule is [2H]c1c2c3c(cccc3c3cc(N(c4ccccc4)c4ccc(-c5ccccc5)cc4)ccc13)Sc1cc(N(c3ccccc3)c3ccc4c(c3)sc3ccccc34)ccc1-2. The Hall–Kier alpha value is -7.11. The van der Waals surface area contributed by atoms with Gasteiger partial charge in [0.2, 0.25) is 0 Å². The van der Waals surface area contributed by atoms with Gasteiger partial charge in [-0.25, -0.2) is 0 Å². The van der Waals surface area contributed by atoms with E-state index in [1.54, 1.807) is 11.8 Å². The summed E-state index contributed by atoms with van der Waals surface area (Å²) in [6.07, 6.45) is 0. The number of anilines is 6. The lowest BCUT2D eigenvalue weighted by molar-refractivity contribution is 1.26. The van der Waals surface area contributed by atoms with Gasteiger partial charge >= 0.3 is 0 Å². The second-order valence-corrected chi connectivity index (χ2v) is 17.4. The summed E-state index contributed by atoms with van der Waals surface area (Å²) in [5.41, 5.74) is 11.0. The monoisotopic (exact) mass is 801 g/mol. The Morgan fingerprint density at radius 3 is 1.70 bits per heavy atom. The standard InChI is InChI=1S/C56H36N2S2/c1-4-13-37(14-5-1)38-23-26-42(27-24-38)57(40-15-6-2-7-16-40)43-28-25-39-33-51-48-32-30-45(36-55(48)60-53-22-12-20-49(56(51)53)50(39)34-43)58(41-17-8-3-9-18-41)44-29-31-47-46-19-10-11-21-52(46)59-54(47)35-44/h1-36H/i33D. The normalized spacial score (nSPS) is 12.2. The highest BCUT2D eigenvalue weighted by molar-refractivity contribution is 7.99. The minimum atomic E-state index is 0.560. The predicted octanol–water partition coefficient (Wildman–Crippen LogP) is 17.1. The maximum atomic E-state index is 9.89. The van der Waals surface area contributed by atoms with Crippen molar-refractivity contribution in [1.29, 1.82) is 0 Å². The van der Waals surface area contributed by atoms with Crippen molar-refractivity contribution >= 4 is 98.9 Å². The van der Waals surface area contributed by atoms with Crippen LogP contribution in [0.15, 0.2) is 228 Å². The third-order valence-corrected chi connectivity index (χ3v) is 13.9. The van der Waals surface area contributed by atoms with E-state index in [1.807, 2.05) is 11.3 Å². The average molecular weight is 802 g/mol. The smallest absolute Gasteiger partial charge is 0.0636 e. The summed E-state index contributed by atoms with van der Waals surface area (Å²) in [6, 6.07) is 76.6. The van der Waals surface area contributed by atoms with E-state index in [0.717, 1.165) is 71.7 Å². The molecule has 0 N–H and O–H groups in total. The lowest BCUT2D eigenvalue weighted by atomic mass is 9.92. The van der Waals surface area contributed by atoms with Gasteiger partial charge in [0.05, 0.1) is 1.37 Å². The van der Waals surface area contributed by atoms with E-state index < -0.39 is 0 Å². The van der Waals surface area contributed by atoms with Gasteiger partial charge in [0.25, 0.3) is 0 Å². The zero-order valence-electron chi connectivity index (χ0n) is 33.4. The van der Waals surface area contributed by atoms with Crippen LogP contribution in [-0.4, -0.2) is 0 Å². The molecule has 2 heterocycles. The van der Waals surface area contributed by atoms with E-state index >= 15 is 0 Å². The summed E-state index contributed by atoms with van der Waals surface area (Å²) in [5, 5.41) is 6.93. The molecular formula is C56H36N2S2. The van der Waals surface area contributed by atoms with Gasteiger partial charge in [-0.1, -0.05) is 139 Å². The second kappa shape index (κ2) is 14.3. The average Bonchev–Trinajstić information content (AvgIpc) is 3.69. The van der Waals surface area contributed by atoms with E-state index in [4.69, 9.17) is 0 Å². The van der Waals surface area contributed by atoms with Crippen LogP contribution in [0.2, 0.25) is 0 Å². The van der Waals surface area contributed by atoms with Gasteiger partial charge in [-0.3, -0.25) is 0 Å². The lowest BCUT2D eigenvalue weighted by Crippen LogP contribution is -2.10. The number of benzene rings is 10. The first-order valence-corrected chi connectivity index (χ1v) is 21.9. The second-order valence-electron chi connectivity index (χ2n) is 15.2. The van der Waals surface area contributed by atoms with Crippen LogP contribution in [0.5, 0.6) is 0 Å². The quantitative estimate of drug-likeness (QED) is 0.148. The number of rotatable bonds is 7. The summed E-state index contributed by atoms with van der Waals surface area (Å²) >= 11 is 3.65. The highest BCUT2D eigenvalue weighted by Crippen LogP contribution is 2.52. The maximum Gasteiger partial charge on any atom is 0.0636 e. The zero-order chi connectivity index (χ0) is 40.4. The Labute approximate surface area is 358 Å². The van der Waals surface area contributed by atoms with Crippen LogP contribution in [0.25, 0.3) is 64.0 Å². The van der Waals surface area contributed by atoms with Crippen molar-refractivity contribution in [3.05, 3.63) is 218 Å². The summed E-state index contributed by atoms with van der Waals surface area (Å²) in [6.45, 7) is 0. The van der Waals surface area contributed by atoms with Crippen LogP contribution in [0.1, 0.15) is 1.37 Å². The Kier molecular flexibility index (Phi) is 8.07. The molecule has 60 heavy (non-hydrogen) atoms. The molecule has 0 unspecified atom stereocenters. The number of para-hydroxylation sites is 2. The van der Waals surface area contributed by atoms with Crippen LogP contribution in [0.4, 0.5) is 34.1 Å². The highest BCUT2D eigenvalue weighted by Gasteiger charge is 2.24. The predicted molar refractivity (Wildman–Crippen MR) is 259 cm³/mol. The Morgan fingerprint density at radius 2 is 0.917 bits per heavy atom. The van der Waals surface area contributed by atoms with Crippen LogP contribution >= 0.6 is 23.1 Å². The van der Waals surface area contributed by atoms with Crippen molar-refractivity contribution in [3.8, 4) is 22.3 Å². The van der Waals surface area contributed by atoms with E-state index in [9.17, 15) is 1.37 Å². The number of fused-ring (bicyclic) bond motifs is 7. The van der Waals surface area contributed by atoms with E-state index in [-0.39, 0.29) is 0 Å². The molecule has 0 saturated heterocycles. The maximum absolute atomic E-state index is 9.89. The molecule has 2 nitrogen and oxygen atoms in total. The first-order valence-electron chi connectivity index (χ1n) is 20.7. The third kappa shape index (κ3) is 5.87. The van der Waals surface area contributed by atoms with Crippen molar-refractivity contribution in [1.82, 2.24) is 0 Å². The summed E-state index contributed by atoms with van der Waals surface area (Å²) in [4.78, 5) is 7.00. The molecule has 0 atom stereocenters. The molecule has 0 saturated carbocycles. The minimum absolute atomic E-state index is 0.560. The first-order chi connectivity index (χ1) is 30.2. The Bertz CT molecular complexity index is 3460. The van der Waals surface area contributed by atoms with Crippen molar-refractivity contribution in [2.24, 2.45) is 0 Å². The molecule has 282 valence electrons. The molecule has 10 aromatic carbocycles. The molecular weight excluding hydrogens is 765 g/mol. The van der Waals surface area contributed by atoms with E-state index in [1.165, 1.54) is 36.2 Å². The Morgan fingerprint density at radius 1 is 0.350 bits per heavy atom. The largest absolute Gasteiger partial charge is 0.310 e. The molecule has 1 aliphatic rings. The van der Waals surface area contributed by atoms with Gasteiger partial charge < -0.3 is 9.80 Å². The molecule has 0 bridgehead atoms. The fraction of sp³-hybridized carbons (Fsp3) is 0. The zero-order valence-corrected chi connectivity index (χ0v) is 34.1. The van der Waals surface area contributed by atoms with Crippen molar-refractivity contribution < 1.29 is 1.37 Å².